The van der Waals surface area contributed by atoms with Gasteiger partial charge in [0.2, 0.25) is 0 Å². The van der Waals surface area contributed by atoms with Gasteiger partial charge in [-0.2, -0.15) is 0 Å². The van der Waals surface area contributed by atoms with E-state index in [0.717, 1.165) is 45.1 Å². The van der Waals surface area contributed by atoms with Crippen molar-refractivity contribution in [1.29, 1.82) is 0 Å². The molecule has 232 valence electrons. The molecule has 1 aliphatic carbocycles. The van der Waals surface area contributed by atoms with Crippen LogP contribution in [0.3, 0.4) is 0 Å². The number of rotatable bonds is 19. The molecule has 3 aliphatic rings. The Morgan fingerprint density at radius 3 is 1.80 bits per heavy atom. The first-order chi connectivity index (χ1) is 19.0. The van der Waals surface area contributed by atoms with Gasteiger partial charge in [-0.15, -0.1) is 0 Å². The van der Waals surface area contributed by atoms with E-state index in [-0.39, 0.29) is 34.1 Å². The van der Waals surface area contributed by atoms with Crippen molar-refractivity contribution >= 4 is 5.78 Å². The summed E-state index contributed by atoms with van der Waals surface area (Å²) in [6.07, 6.45) is 10.5. The fraction of sp³-hybridized carbons (Fsp3) is 0.906. The highest BCUT2D eigenvalue weighted by Gasteiger charge is 2.53. The topological polar surface area (TPSA) is 84.5 Å². The maximum atomic E-state index is 12.9. The van der Waals surface area contributed by atoms with Gasteiger partial charge < -0.3 is 33.7 Å². The van der Waals surface area contributed by atoms with Gasteiger partial charge in [0.05, 0.1) is 59.5 Å². The molecule has 0 saturated carbocycles. The molecule has 1 spiro atoms. The third-order valence-electron chi connectivity index (χ3n) is 8.45. The summed E-state index contributed by atoms with van der Waals surface area (Å²) in [6.45, 7) is 19.1. The zero-order valence-electron chi connectivity index (χ0n) is 26.2. The summed E-state index contributed by atoms with van der Waals surface area (Å²) >= 11 is 0. The average molecular weight is 568 g/mol. The molecular formula is C32H57NO7. The van der Waals surface area contributed by atoms with Crippen molar-refractivity contribution in [1.82, 2.24) is 5.32 Å². The highest BCUT2D eigenvalue weighted by Crippen LogP contribution is 2.48. The molecule has 2 heterocycles. The largest absolute Gasteiger partial charge is 0.379 e. The second-order valence-corrected chi connectivity index (χ2v) is 13.4. The van der Waals surface area contributed by atoms with Crippen LogP contribution in [0, 0.1) is 17.3 Å². The quantitative estimate of drug-likeness (QED) is 0.171. The third kappa shape index (κ3) is 10.4. The lowest BCUT2D eigenvalue weighted by Gasteiger charge is -2.56. The van der Waals surface area contributed by atoms with Crippen molar-refractivity contribution in [3.63, 3.8) is 0 Å². The first-order valence-corrected chi connectivity index (χ1v) is 15.6. The van der Waals surface area contributed by atoms with E-state index < -0.39 is 5.79 Å². The molecule has 2 atom stereocenters. The lowest BCUT2D eigenvalue weighted by Crippen LogP contribution is -2.67. The van der Waals surface area contributed by atoms with Gasteiger partial charge in [-0.3, -0.25) is 4.79 Å². The summed E-state index contributed by atoms with van der Waals surface area (Å²) in [5.41, 5.74) is -0.153. The van der Waals surface area contributed by atoms with Crippen molar-refractivity contribution in [3.8, 4) is 0 Å². The number of carbonyl (C=O) groups is 1. The highest BCUT2D eigenvalue weighted by molar-refractivity contribution is 5.84. The number of hydrogen-bond donors (Lipinski definition) is 1. The number of allylic oxidation sites excluding steroid dienone is 2. The summed E-state index contributed by atoms with van der Waals surface area (Å²) in [5.74, 6) is -0.0578. The Balaban J connectivity index is 1.28. The Morgan fingerprint density at radius 2 is 1.32 bits per heavy atom. The molecule has 0 radical (unpaired) electrons. The minimum atomic E-state index is -0.529. The van der Waals surface area contributed by atoms with Crippen molar-refractivity contribution in [2.24, 2.45) is 17.3 Å². The van der Waals surface area contributed by atoms with E-state index in [9.17, 15) is 4.79 Å². The summed E-state index contributed by atoms with van der Waals surface area (Å²) in [5, 5.41) is 3.72. The van der Waals surface area contributed by atoms with E-state index in [1.165, 1.54) is 0 Å². The van der Waals surface area contributed by atoms with Crippen molar-refractivity contribution in [2.45, 2.75) is 103 Å². The van der Waals surface area contributed by atoms with Gasteiger partial charge in [0, 0.05) is 48.3 Å². The van der Waals surface area contributed by atoms with E-state index >= 15 is 0 Å². The molecule has 2 aliphatic heterocycles. The van der Waals surface area contributed by atoms with Gasteiger partial charge in [0.25, 0.3) is 0 Å². The van der Waals surface area contributed by atoms with Crippen molar-refractivity contribution in [2.75, 3.05) is 66.1 Å². The fourth-order valence-corrected chi connectivity index (χ4v) is 6.50. The summed E-state index contributed by atoms with van der Waals surface area (Å²) in [7, 11) is 0. The first-order valence-electron chi connectivity index (χ1n) is 15.6. The Bertz CT molecular complexity index is 770. The molecule has 0 amide bonds. The molecule has 40 heavy (non-hydrogen) atoms. The van der Waals surface area contributed by atoms with E-state index in [2.05, 4.69) is 59.0 Å². The Morgan fingerprint density at radius 1 is 0.800 bits per heavy atom. The van der Waals surface area contributed by atoms with E-state index in [0.29, 0.717) is 65.9 Å². The monoisotopic (exact) mass is 567 g/mol. The Kier molecular flexibility index (Phi) is 13.1. The number of nitrogens with one attached hydrogen (secondary N) is 1. The van der Waals surface area contributed by atoms with Gasteiger partial charge >= 0.3 is 0 Å². The average Bonchev–Trinajstić information content (AvgIpc) is 2.86. The fourth-order valence-electron chi connectivity index (χ4n) is 6.50. The number of Topliss-reactive ketones (excluding diaryl/α,β-unsaturated/α-hetero) is 1. The van der Waals surface area contributed by atoms with Crippen LogP contribution in [0.25, 0.3) is 0 Å². The molecule has 8 heteroatoms. The van der Waals surface area contributed by atoms with Crippen LogP contribution in [0.4, 0.5) is 0 Å². The van der Waals surface area contributed by atoms with Crippen LogP contribution in [0.5, 0.6) is 0 Å². The molecule has 3 rings (SSSR count). The lowest BCUT2D eigenvalue weighted by molar-refractivity contribution is -0.331. The van der Waals surface area contributed by atoms with Crippen LogP contribution in [-0.2, 0) is 33.2 Å². The molecule has 0 aromatic carbocycles. The minimum absolute atomic E-state index is 0.0287. The van der Waals surface area contributed by atoms with Crippen LogP contribution >= 0.6 is 0 Å². The minimum Gasteiger partial charge on any atom is -0.379 e. The van der Waals surface area contributed by atoms with Gasteiger partial charge in [0.1, 0.15) is 5.78 Å². The van der Waals surface area contributed by atoms with Crippen molar-refractivity contribution in [3.05, 3.63) is 12.2 Å². The van der Waals surface area contributed by atoms with Crippen LogP contribution < -0.4 is 5.32 Å². The number of ketones is 1. The van der Waals surface area contributed by atoms with Gasteiger partial charge in [-0.05, 0) is 52.9 Å². The SMILES string of the molecule is CCCCOCCOCCOCCOCCC(=O)C1C=CC1CC1(CC)COC2(CC(C)(C)NC(C)(C)C2)OC1. The molecule has 0 aromatic rings. The summed E-state index contributed by atoms with van der Waals surface area (Å²) in [4.78, 5) is 12.9. The predicted octanol–water partition coefficient (Wildman–Crippen LogP) is 5.08. The second kappa shape index (κ2) is 15.6. The predicted molar refractivity (Wildman–Crippen MR) is 156 cm³/mol. The molecule has 0 bridgehead atoms. The standard InChI is InChI=1S/C32H57NO7/c1-7-9-13-35-15-17-37-19-20-38-18-16-36-14-12-28(34)27-11-10-26(27)21-31(8-2)24-39-32(40-25-31)22-29(3,4)33-30(5,6)23-32/h10-11,26-27,33H,7-9,12-25H2,1-6H3. The highest BCUT2D eigenvalue weighted by atomic mass is 16.7. The molecule has 2 saturated heterocycles. The number of ether oxygens (including phenoxy) is 6. The molecule has 0 aromatic heterocycles. The molecule has 1 N–H and O–H groups in total. The maximum Gasteiger partial charge on any atom is 0.171 e. The van der Waals surface area contributed by atoms with Crippen molar-refractivity contribution < 1.29 is 33.2 Å². The number of piperidine rings is 1. The van der Waals surface area contributed by atoms with Gasteiger partial charge in [-0.25, -0.2) is 0 Å². The van der Waals surface area contributed by atoms with Crippen LogP contribution in [0.1, 0.15) is 86.5 Å². The zero-order chi connectivity index (χ0) is 29.1. The summed E-state index contributed by atoms with van der Waals surface area (Å²) in [6, 6.07) is 0. The Hall–Kier alpha value is -0.870. The zero-order valence-corrected chi connectivity index (χ0v) is 26.2. The number of carbonyl (C=O) groups excluding carboxylic acids is 1. The number of hydrogen-bond acceptors (Lipinski definition) is 8. The Labute approximate surface area is 243 Å². The lowest BCUT2D eigenvalue weighted by atomic mass is 9.67. The summed E-state index contributed by atoms with van der Waals surface area (Å²) < 4.78 is 35.3. The van der Waals surface area contributed by atoms with Crippen LogP contribution in [-0.4, -0.2) is 88.7 Å². The van der Waals surface area contributed by atoms with Crippen LogP contribution in [0.15, 0.2) is 12.2 Å². The smallest absolute Gasteiger partial charge is 0.171 e. The second-order valence-electron chi connectivity index (χ2n) is 13.4. The molecular weight excluding hydrogens is 510 g/mol. The molecule has 8 nitrogen and oxygen atoms in total. The molecule has 2 fully saturated rings. The van der Waals surface area contributed by atoms with E-state index in [4.69, 9.17) is 28.4 Å². The number of unbranched alkanes of at least 4 members (excludes halogenated alkanes) is 1. The normalized spacial score (nSPS) is 26.1. The van der Waals surface area contributed by atoms with Gasteiger partial charge in [-0.1, -0.05) is 32.4 Å². The van der Waals surface area contributed by atoms with E-state index in [1.54, 1.807) is 0 Å². The third-order valence-corrected chi connectivity index (χ3v) is 8.45. The van der Waals surface area contributed by atoms with E-state index in [1.807, 2.05) is 0 Å². The van der Waals surface area contributed by atoms with Crippen LogP contribution in [0.2, 0.25) is 0 Å². The molecule has 2 unspecified atom stereocenters. The van der Waals surface area contributed by atoms with Gasteiger partial charge in [0.15, 0.2) is 5.79 Å². The first kappa shape index (κ1) is 33.6. The maximum absolute atomic E-state index is 12.9.